The first-order chi connectivity index (χ1) is 6.50. The van der Waals surface area contributed by atoms with Gasteiger partial charge in [0, 0.05) is 16.9 Å². The minimum Gasteiger partial charge on any atom is -0.265 e. The Labute approximate surface area is 82.3 Å². The van der Waals surface area contributed by atoms with E-state index in [1.165, 1.54) is 12.1 Å². The molecule has 0 N–H and O–H groups in total. The van der Waals surface area contributed by atoms with Crippen molar-refractivity contribution in [3.63, 3.8) is 0 Å². The highest BCUT2D eigenvalue weighted by atomic mass is 32.2. The molecule has 0 saturated heterocycles. The average molecular weight is 226 g/mol. The molecule has 0 aliphatic carbocycles. The SMILES string of the molecule is FC(OSc1ccccc1)C(F)(F)F. The maximum absolute atomic E-state index is 12.2. The first-order valence-corrected chi connectivity index (χ1v) is 4.33. The van der Waals surface area contributed by atoms with Crippen LogP contribution >= 0.6 is 12.0 Å². The van der Waals surface area contributed by atoms with Crippen molar-refractivity contribution < 1.29 is 21.7 Å². The van der Waals surface area contributed by atoms with Crippen LogP contribution in [0.3, 0.4) is 0 Å². The molecule has 0 saturated carbocycles. The lowest BCUT2D eigenvalue weighted by atomic mass is 10.4. The summed E-state index contributed by atoms with van der Waals surface area (Å²) in [4.78, 5) is 0.416. The summed E-state index contributed by atoms with van der Waals surface area (Å²) in [5, 5.41) is 0. The third-order valence-corrected chi connectivity index (χ3v) is 1.96. The predicted octanol–water partition coefficient (Wildman–Crippen LogP) is 3.57. The average Bonchev–Trinajstić information content (AvgIpc) is 2.14. The van der Waals surface area contributed by atoms with Gasteiger partial charge in [-0.15, -0.1) is 0 Å². The van der Waals surface area contributed by atoms with Gasteiger partial charge in [-0.05, 0) is 12.1 Å². The van der Waals surface area contributed by atoms with Crippen LogP contribution in [0.25, 0.3) is 0 Å². The molecule has 0 fully saturated rings. The molecular formula is C8H6F4OS. The summed E-state index contributed by atoms with van der Waals surface area (Å²) < 4.78 is 51.1. The molecular weight excluding hydrogens is 220 g/mol. The summed E-state index contributed by atoms with van der Waals surface area (Å²) in [5.41, 5.74) is 0. The first kappa shape index (κ1) is 11.3. The molecule has 6 heteroatoms. The number of halogens is 4. The highest BCUT2D eigenvalue weighted by Crippen LogP contribution is 2.29. The second-order valence-electron chi connectivity index (χ2n) is 2.35. The summed E-state index contributed by atoms with van der Waals surface area (Å²) in [5.74, 6) is 0. The van der Waals surface area contributed by atoms with Gasteiger partial charge in [0.05, 0.1) is 0 Å². The Morgan fingerprint density at radius 2 is 1.71 bits per heavy atom. The predicted molar refractivity (Wildman–Crippen MR) is 44.3 cm³/mol. The maximum Gasteiger partial charge on any atom is 0.446 e. The zero-order valence-corrected chi connectivity index (χ0v) is 7.61. The van der Waals surface area contributed by atoms with Crippen molar-refractivity contribution >= 4 is 12.0 Å². The molecule has 1 aromatic rings. The van der Waals surface area contributed by atoms with Crippen LogP contribution in [0.5, 0.6) is 0 Å². The molecule has 0 bridgehead atoms. The molecule has 1 atom stereocenters. The Balaban J connectivity index is 2.42. The molecule has 0 spiro atoms. The van der Waals surface area contributed by atoms with E-state index < -0.39 is 12.5 Å². The van der Waals surface area contributed by atoms with E-state index in [1.54, 1.807) is 18.2 Å². The van der Waals surface area contributed by atoms with Gasteiger partial charge in [-0.3, -0.25) is 4.18 Å². The van der Waals surface area contributed by atoms with E-state index in [-0.39, 0.29) is 0 Å². The number of benzene rings is 1. The van der Waals surface area contributed by atoms with Crippen LogP contribution < -0.4 is 0 Å². The summed E-state index contributed by atoms with van der Waals surface area (Å²) in [6, 6.07) is 7.97. The van der Waals surface area contributed by atoms with E-state index in [9.17, 15) is 17.6 Å². The van der Waals surface area contributed by atoms with E-state index in [0.29, 0.717) is 16.9 Å². The van der Waals surface area contributed by atoms with E-state index >= 15 is 0 Å². The molecule has 0 aromatic heterocycles. The Morgan fingerprint density at radius 3 is 2.21 bits per heavy atom. The molecule has 1 nitrogen and oxygen atoms in total. The molecule has 1 aromatic carbocycles. The fourth-order valence-corrected chi connectivity index (χ4v) is 1.20. The zero-order chi connectivity index (χ0) is 10.6. The quantitative estimate of drug-likeness (QED) is 0.575. The largest absolute Gasteiger partial charge is 0.446 e. The monoisotopic (exact) mass is 226 g/mol. The highest BCUT2D eigenvalue weighted by Gasteiger charge is 2.41. The Bertz CT molecular complexity index is 274. The Hall–Kier alpha value is -0.750. The van der Waals surface area contributed by atoms with Crippen LogP contribution in [0.15, 0.2) is 35.2 Å². The van der Waals surface area contributed by atoms with Gasteiger partial charge >= 0.3 is 12.5 Å². The smallest absolute Gasteiger partial charge is 0.265 e. The van der Waals surface area contributed by atoms with Crippen molar-refractivity contribution in [2.75, 3.05) is 0 Å². The van der Waals surface area contributed by atoms with Gasteiger partial charge in [0.25, 0.3) is 0 Å². The second kappa shape index (κ2) is 4.65. The van der Waals surface area contributed by atoms with Crippen LogP contribution in [-0.2, 0) is 4.18 Å². The summed E-state index contributed by atoms with van der Waals surface area (Å²) >= 11 is 0.360. The zero-order valence-electron chi connectivity index (χ0n) is 6.79. The van der Waals surface area contributed by atoms with E-state index in [4.69, 9.17) is 0 Å². The second-order valence-corrected chi connectivity index (χ2v) is 3.18. The topological polar surface area (TPSA) is 9.23 Å². The summed E-state index contributed by atoms with van der Waals surface area (Å²) in [6.07, 6.45) is -8.23. The molecule has 14 heavy (non-hydrogen) atoms. The van der Waals surface area contributed by atoms with Crippen molar-refractivity contribution in [3.8, 4) is 0 Å². The Kier molecular flexibility index (Phi) is 3.77. The highest BCUT2D eigenvalue weighted by molar-refractivity contribution is 7.94. The molecule has 0 radical (unpaired) electrons. The van der Waals surface area contributed by atoms with Crippen molar-refractivity contribution in [1.82, 2.24) is 0 Å². The van der Waals surface area contributed by atoms with Crippen molar-refractivity contribution in [2.45, 2.75) is 17.4 Å². The van der Waals surface area contributed by atoms with Gasteiger partial charge in [-0.2, -0.15) is 13.2 Å². The van der Waals surface area contributed by atoms with Crippen LogP contribution in [0.2, 0.25) is 0 Å². The maximum atomic E-state index is 12.2. The summed E-state index contributed by atoms with van der Waals surface area (Å²) in [6.45, 7) is 0. The minimum absolute atomic E-state index is 0.360. The third-order valence-electron chi connectivity index (χ3n) is 1.23. The molecule has 1 rings (SSSR count). The van der Waals surface area contributed by atoms with Gasteiger partial charge in [0.1, 0.15) is 0 Å². The Morgan fingerprint density at radius 1 is 1.14 bits per heavy atom. The number of alkyl halides is 4. The fourth-order valence-electron chi connectivity index (χ4n) is 0.628. The first-order valence-electron chi connectivity index (χ1n) is 3.59. The molecule has 0 aliphatic heterocycles. The van der Waals surface area contributed by atoms with E-state index in [0.717, 1.165) is 0 Å². The molecule has 0 aliphatic rings. The molecule has 1 unspecified atom stereocenters. The summed E-state index contributed by atoms with van der Waals surface area (Å²) in [7, 11) is 0. The number of rotatable bonds is 3. The van der Waals surface area contributed by atoms with Gasteiger partial charge < -0.3 is 0 Å². The van der Waals surface area contributed by atoms with Crippen molar-refractivity contribution in [2.24, 2.45) is 0 Å². The molecule has 78 valence electrons. The lowest BCUT2D eigenvalue weighted by molar-refractivity contribution is -0.232. The van der Waals surface area contributed by atoms with Crippen LogP contribution in [0.1, 0.15) is 0 Å². The van der Waals surface area contributed by atoms with Crippen molar-refractivity contribution in [3.05, 3.63) is 30.3 Å². The van der Waals surface area contributed by atoms with E-state index in [2.05, 4.69) is 4.18 Å². The standard InChI is InChI=1S/C8H6F4OS/c9-7(8(10,11)12)13-14-6-4-2-1-3-5-6/h1-5,7H. The fraction of sp³-hybridized carbons (Fsp3) is 0.250. The van der Waals surface area contributed by atoms with Crippen LogP contribution in [0.4, 0.5) is 17.6 Å². The van der Waals surface area contributed by atoms with Crippen LogP contribution in [0, 0.1) is 0 Å². The lowest BCUT2D eigenvalue weighted by Crippen LogP contribution is -2.24. The van der Waals surface area contributed by atoms with E-state index in [1.807, 2.05) is 0 Å². The van der Waals surface area contributed by atoms with Gasteiger partial charge in [-0.25, -0.2) is 4.39 Å². The normalized spacial score (nSPS) is 14.0. The van der Waals surface area contributed by atoms with Gasteiger partial charge in [0.15, 0.2) is 0 Å². The minimum atomic E-state index is -4.97. The number of hydrogen-bond donors (Lipinski definition) is 0. The van der Waals surface area contributed by atoms with Crippen molar-refractivity contribution in [1.29, 1.82) is 0 Å². The van der Waals surface area contributed by atoms with Crippen LogP contribution in [-0.4, -0.2) is 12.5 Å². The lowest BCUT2D eigenvalue weighted by Gasteiger charge is -2.11. The van der Waals surface area contributed by atoms with Gasteiger partial charge in [-0.1, -0.05) is 18.2 Å². The molecule has 0 heterocycles. The third kappa shape index (κ3) is 3.55. The number of hydrogen-bond acceptors (Lipinski definition) is 2. The van der Waals surface area contributed by atoms with Gasteiger partial charge in [0.2, 0.25) is 0 Å². The molecule has 0 amide bonds.